The van der Waals surface area contributed by atoms with E-state index < -0.39 is 0 Å². The number of ether oxygens (including phenoxy) is 2. The predicted octanol–water partition coefficient (Wildman–Crippen LogP) is 4.68. The van der Waals surface area contributed by atoms with Crippen LogP contribution in [0.5, 0.6) is 5.75 Å². The van der Waals surface area contributed by atoms with Crippen LogP contribution in [-0.4, -0.2) is 80.2 Å². The van der Waals surface area contributed by atoms with Gasteiger partial charge in [-0.05, 0) is 62.3 Å². The third kappa shape index (κ3) is 8.19. The van der Waals surface area contributed by atoms with Gasteiger partial charge in [0.15, 0.2) is 0 Å². The molecule has 4 rings (SSSR count). The summed E-state index contributed by atoms with van der Waals surface area (Å²) in [5, 5.41) is 4.01. The molecule has 2 amide bonds. The molecule has 0 aromatic heterocycles. The number of carbonyl (C=O) groups excluding carboxylic acids is 2. The van der Waals surface area contributed by atoms with E-state index in [0.717, 1.165) is 44.5 Å². The summed E-state index contributed by atoms with van der Waals surface area (Å²) in [6.07, 6.45) is 3.33. The van der Waals surface area contributed by atoms with Gasteiger partial charge in [-0.15, -0.1) is 0 Å². The Bertz CT molecular complexity index is 1090. The second-order valence-corrected chi connectivity index (χ2v) is 11.4. The van der Waals surface area contributed by atoms with E-state index >= 15 is 0 Å². The molecule has 2 atom stereocenters. The van der Waals surface area contributed by atoms with E-state index in [4.69, 9.17) is 21.1 Å². The van der Waals surface area contributed by atoms with Crippen molar-refractivity contribution in [1.29, 1.82) is 0 Å². The molecule has 7 nitrogen and oxygen atoms in total. The minimum atomic E-state index is -0.0340. The Morgan fingerprint density at radius 2 is 1.74 bits per heavy atom. The standard InChI is InChI=1S/C31H42ClN3O4/c1-22(2)34(31(37)24-10-13-28(32)29(17-24)39-15-7-14-38-3)20-25-18-33-19-26(25)21-35(27-11-12-27)30(36)16-23-8-5-4-6-9-23/h4-6,8-10,13,17,22,25-27,33H,7,11-12,14-16,18-21H2,1-3H3/t25-,26-/m0/s1. The lowest BCUT2D eigenvalue weighted by Crippen LogP contribution is -2.45. The lowest BCUT2D eigenvalue weighted by atomic mass is 9.93. The van der Waals surface area contributed by atoms with Crippen molar-refractivity contribution in [3.8, 4) is 5.75 Å². The highest BCUT2D eigenvalue weighted by molar-refractivity contribution is 6.32. The van der Waals surface area contributed by atoms with E-state index in [1.165, 1.54) is 0 Å². The molecule has 1 aliphatic carbocycles. The second kappa shape index (κ2) is 14.1. The number of benzene rings is 2. The van der Waals surface area contributed by atoms with Crippen LogP contribution in [-0.2, 0) is 16.0 Å². The molecule has 1 saturated heterocycles. The average molecular weight is 556 g/mol. The van der Waals surface area contributed by atoms with Gasteiger partial charge in [0.1, 0.15) is 5.75 Å². The fourth-order valence-corrected chi connectivity index (χ4v) is 5.43. The molecule has 8 heteroatoms. The van der Waals surface area contributed by atoms with Crippen molar-refractivity contribution < 1.29 is 19.1 Å². The largest absolute Gasteiger partial charge is 0.492 e. The molecule has 212 valence electrons. The molecule has 1 heterocycles. The van der Waals surface area contributed by atoms with Crippen LogP contribution in [0.1, 0.15) is 49.0 Å². The summed E-state index contributed by atoms with van der Waals surface area (Å²) >= 11 is 6.35. The monoisotopic (exact) mass is 555 g/mol. The zero-order valence-electron chi connectivity index (χ0n) is 23.4. The first kappa shape index (κ1) is 29.4. The fourth-order valence-electron chi connectivity index (χ4n) is 5.26. The maximum Gasteiger partial charge on any atom is 0.254 e. The molecule has 0 spiro atoms. The van der Waals surface area contributed by atoms with E-state index in [-0.39, 0.29) is 23.8 Å². The van der Waals surface area contributed by atoms with E-state index in [2.05, 4.69) is 10.2 Å². The lowest BCUT2D eigenvalue weighted by Gasteiger charge is -2.34. The minimum absolute atomic E-state index is 0.0275. The lowest BCUT2D eigenvalue weighted by molar-refractivity contribution is -0.131. The first-order chi connectivity index (χ1) is 18.9. The Kier molecular flexibility index (Phi) is 10.7. The van der Waals surface area contributed by atoms with Gasteiger partial charge < -0.3 is 24.6 Å². The van der Waals surface area contributed by atoms with Gasteiger partial charge in [-0.3, -0.25) is 9.59 Å². The topological polar surface area (TPSA) is 71.1 Å². The molecule has 2 aromatic rings. The molecule has 1 aliphatic heterocycles. The van der Waals surface area contributed by atoms with Gasteiger partial charge in [-0.1, -0.05) is 41.9 Å². The number of nitrogens with one attached hydrogen (secondary N) is 1. The number of rotatable bonds is 14. The summed E-state index contributed by atoms with van der Waals surface area (Å²) in [5.41, 5.74) is 1.62. The Balaban J connectivity index is 1.41. The van der Waals surface area contributed by atoms with Crippen LogP contribution >= 0.6 is 11.6 Å². The fraction of sp³-hybridized carbons (Fsp3) is 0.548. The summed E-state index contributed by atoms with van der Waals surface area (Å²) < 4.78 is 10.9. The maximum atomic E-state index is 13.7. The molecule has 0 bridgehead atoms. The molecule has 1 N–H and O–H groups in total. The number of hydrogen-bond acceptors (Lipinski definition) is 5. The predicted molar refractivity (Wildman–Crippen MR) is 154 cm³/mol. The smallest absolute Gasteiger partial charge is 0.254 e. The quantitative estimate of drug-likeness (QED) is 0.343. The van der Waals surface area contributed by atoms with Crippen molar-refractivity contribution in [1.82, 2.24) is 15.1 Å². The van der Waals surface area contributed by atoms with Crippen molar-refractivity contribution >= 4 is 23.4 Å². The summed E-state index contributed by atoms with van der Waals surface area (Å²) in [4.78, 5) is 31.0. The van der Waals surface area contributed by atoms with E-state index in [0.29, 0.717) is 54.5 Å². The molecular weight excluding hydrogens is 514 g/mol. The number of hydrogen-bond donors (Lipinski definition) is 1. The molecule has 0 unspecified atom stereocenters. The van der Waals surface area contributed by atoms with Crippen LogP contribution in [0.25, 0.3) is 0 Å². The molecule has 2 aromatic carbocycles. The van der Waals surface area contributed by atoms with Crippen molar-refractivity contribution in [2.24, 2.45) is 11.8 Å². The highest BCUT2D eigenvalue weighted by atomic mass is 35.5. The highest BCUT2D eigenvalue weighted by Crippen LogP contribution is 2.31. The van der Waals surface area contributed by atoms with Crippen LogP contribution in [0.2, 0.25) is 5.02 Å². The normalized spacial score (nSPS) is 18.8. The zero-order chi connectivity index (χ0) is 27.8. The van der Waals surface area contributed by atoms with Crippen LogP contribution in [0, 0.1) is 11.8 Å². The van der Waals surface area contributed by atoms with E-state index in [1.807, 2.05) is 49.1 Å². The summed E-state index contributed by atoms with van der Waals surface area (Å²) in [6, 6.07) is 15.6. The number of methoxy groups -OCH3 is 1. The minimum Gasteiger partial charge on any atom is -0.492 e. The Labute approximate surface area is 237 Å². The van der Waals surface area contributed by atoms with Crippen LogP contribution < -0.4 is 10.1 Å². The maximum absolute atomic E-state index is 13.7. The van der Waals surface area contributed by atoms with Gasteiger partial charge >= 0.3 is 0 Å². The second-order valence-electron chi connectivity index (χ2n) is 11.0. The van der Waals surface area contributed by atoms with Gasteiger partial charge in [0.25, 0.3) is 5.91 Å². The number of halogens is 1. The van der Waals surface area contributed by atoms with Crippen molar-refractivity contribution in [2.75, 3.05) is 46.5 Å². The molecule has 0 radical (unpaired) electrons. The van der Waals surface area contributed by atoms with Crippen LogP contribution in [0.4, 0.5) is 0 Å². The number of nitrogens with zero attached hydrogens (tertiary/aromatic N) is 2. The molecule has 2 aliphatic rings. The first-order valence-electron chi connectivity index (χ1n) is 14.1. The third-order valence-electron chi connectivity index (χ3n) is 7.66. The average Bonchev–Trinajstić information content (AvgIpc) is 3.67. The zero-order valence-corrected chi connectivity index (χ0v) is 24.2. The Morgan fingerprint density at radius 1 is 1.03 bits per heavy atom. The first-order valence-corrected chi connectivity index (χ1v) is 14.5. The Morgan fingerprint density at radius 3 is 2.41 bits per heavy atom. The van der Waals surface area contributed by atoms with Crippen LogP contribution in [0.3, 0.4) is 0 Å². The van der Waals surface area contributed by atoms with Crippen LogP contribution in [0.15, 0.2) is 48.5 Å². The summed E-state index contributed by atoms with van der Waals surface area (Å²) in [6.45, 7) is 8.22. The molecule has 1 saturated carbocycles. The van der Waals surface area contributed by atoms with Crippen molar-refractivity contribution in [2.45, 2.75) is 51.6 Å². The third-order valence-corrected chi connectivity index (χ3v) is 7.97. The van der Waals surface area contributed by atoms with E-state index in [1.54, 1.807) is 25.3 Å². The van der Waals surface area contributed by atoms with Gasteiger partial charge in [-0.25, -0.2) is 0 Å². The Hall–Kier alpha value is -2.61. The van der Waals surface area contributed by atoms with E-state index in [9.17, 15) is 9.59 Å². The summed E-state index contributed by atoms with van der Waals surface area (Å²) in [7, 11) is 1.66. The molecule has 2 fully saturated rings. The van der Waals surface area contributed by atoms with Gasteiger partial charge in [0.05, 0.1) is 18.1 Å². The van der Waals surface area contributed by atoms with Gasteiger partial charge in [0.2, 0.25) is 5.91 Å². The molecule has 39 heavy (non-hydrogen) atoms. The van der Waals surface area contributed by atoms with Gasteiger partial charge in [0, 0.05) is 64.0 Å². The molecular formula is C31H42ClN3O4. The SMILES string of the molecule is COCCCOc1cc(C(=O)N(C[C@@H]2CNC[C@H]2CN(C(=O)Cc2ccccc2)C2CC2)C(C)C)ccc1Cl. The van der Waals surface area contributed by atoms with Crippen molar-refractivity contribution in [3.63, 3.8) is 0 Å². The van der Waals surface area contributed by atoms with Gasteiger partial charge in [-0.2, -0.15) is 0 Å². The number of amides is 2. The summed E-state index contributed by atoms with van der Waals surface area (Å²) in [5.74, 6) is 1.24. The van der Waals surface area contributed by atoms with Crippen molar-refractivity contribution in [3.05, 3.63) is 64.7 Å². The highest BCUT2D eigenvalue weighted by Gasteiger charge is 2.38. The number of carbonyl (C=O) groups is 2.